The van der Waals surface area contributed by atoms with Gasteiger partial charge in [-0.15, -0.1) is 0 Å². The van der Waals surface area contributed by atoms with Crippen LogP contribution < -0.4 is 10.6 Å². The second-order valence-electron chi connectivity index (χ2n) is 4.36. The molecule has 0 spiro atoms. The van der Waals surface area contributed by atoms with E-state index in [1.165, 1.54) is 12.5 Å². The SMILES string of the molecule is CC(=O)Nc1ccc(CNCCn2ccnc2)cc1. The van der Waals surface area contributed by atoms with Crippen LogP contribution >= 0.6 is 0 Å². The smallest absolute Gasteiger partial charge is 0.221 e. The molecule has 0 fully saturated rings. The number of hydrogen-bond donors (Lipinski definition) is 2. The van der Waals surface area contributed by atoms with E-state index in [1.54, 1.807) is 6.20 Å². The van der Waals surface area contributed by atoms with Gasteiger partial charge in [0.25, 0.3) is 0 Å². The van der Waals surface area contributed by atoms with Crippen LogP contribution in [0.5, 0.6) is 0 Å². The van der Waals surface area contributed by atoms with Crippen molar-refractivity contribution in [2.45, 2.75) is 20.0 Å². The fraction of sp³-hybridized carbons (Fsp3) is 0.286. The van der Waals surface area contributed by atoms with Gasteiger partial charge in [-0.2, -0.15) is 0 Å². The standard InChI is InChI=1S/C14H18N4O/c1-12(19)17-14-4-2-13(3-5-14)10-15-6-8-18-9-7-16-11-18/h2-5,7,9,11,15H,6,8,10H2,1H3,(H,17,19). The summed E-state index contributed by atoms with van der Waals surface area (Å²) in [7, 11) is 0. The summed E-state index contributed by atoms with van der Waals surface area (Å²) in [6.45, 7) is 4.12. The number of benzene rings is 1. The molecule has 0 atom stereocenters. The normalized spacial score (nSPS) is 10.4. The summed E-state index contributed by atoms with van der Waals surface area (Å²) in [5.41, 5.74) is 2.02. The van der Waals surface area contributed by atoms with Crippen LogP contribution in [0, 0.1) is 0 Å². The predicted octanol–water partition coefficient (Wildman–Crippen LogP) is 1.63. The Hall–Kier alpha value is -2.14. The molecule has 0 radical (unpaired) electrons. The molecule has 5 nitrogen and oxygen atoms in total. The Bertz CT molecular complexity index is 505. The number of hydrogen-bond acceptors (Lipinski definition) is 3. The van der Waals surface area contributed by atoms with E-state index in [0.717, 1.165) is 25.3 Å². The summed E-state index contributed by atoms with van der Waals surface area (Å²) in [4.78, 5) is 14.9. The number of nitrogens with zero attached hydrogens (tertiary/aromatic N) is 2. The number of nitrogens with one attached hydrogen (secondary N) is 2. The quantitative estimate of drug-likeness (QED) is 0.774. The van der Waals surface area contributed by atoms with Gasteiger partial charge < -0.3 is 15.2 Å². The summed E-state index contributed by atoms with van der Waals surface area (Å²) >= 11 is 0. The third-order valence-electron chi connectivity index (χ3n) is 2.71. The molecule has 1 amide bonds. The minimum absolute atomic E-state index is 0.0498. The molecule has 19 heavy (non-hydrogen) atoms. The van der Waals surface area contributed by atoms with Crippen molar-refractivity contribution >= 4 is 11.6 Å². The number of carbonyl (C=O) groups is 1. The van der Waals surface area contributed by atoms with Crippen molar-refractivity contribution in [2.75, 3.05) is 11.9 Å². The molecule has 1 aromatic carbocycles. The Balaban J connectivity index is 1.72. The summed E-state index contributed by atoms with van der Waals surface area (Å²) < 4.78 is 2.03. The maximum Gasteiger partial charge on any atom is 0.221 e. The summed E-state index contributed by atoms with van der Waals surface area (Å²) in [5, 5.41) is 6.11. The zero-order valence-corrected chi connectivity index (χ0v) is 11.0. The van der Waals surface area contributed by atoms with E-state index in [2.05, 4.69) is 15.6 Å². The van der Waals surface area contributed by atoms with Gasteiger partial charge >= 0.3 is 0 Å². The summed E-state index contributed by atoms with van der Waals surface area (Å²) in [6.07, 6.45) is 5.54. The van der Waals surface area contributed by atoms with E-state index in [1.807, 2.05) is 41.4 Å². The van der Waals surface area contributed by atoms with E-state index < -0.39 is 0 Å². The van der Waals surface area contributed by atoms with Crippen molar-refractivity contribution in [2.24, 2.45) is 0 Å². The van der Waals surface area contributed by atoms with Gasteiger partial charge in [0.1, 0.15) is 0 Å². The summed E-state index contributed by atoms with van der Waals surface area (Å²) in [5.74, 6) is -0.0498. The number of amides is 1. The molecule has 100 valence electrons. The predicted molar refractivity (Wildman–Crippen MR) is 74.7 cm³/mol. The topological polar surface area (TPSA) is 59.0 Å². The van der Waals surface area contributed by atoms with Crippen molar-refractivity contribution in [1.29, 1.82) is 0 Å². The maximum atomic E-state index is 10.9. The Morgan fingerprint density at radius 2 is 2.11 bits per heavy atom. The molecule has 2 rings (SSSR count). The van der Waals surface area contributed by atoms with Crippen molar-refractivity contribution in [1.82, 2.24) is 14.9 Å². The van der Waals surface area contributed by atoms with Crippen molar-refractivity contribution in [3.8, 4) is 0 Å². The third kappa shape index (κ3) is 4.56. The number of carbonyl (C=O) groups excluding carboxylic acids is 1. The number of aromatic nitrogens is 2. The largest absolute Gasteiger partial charge is 0.336 e. The highest BCUT2D eigenvalue weighted by molar-refractivity contribution is 5.88. The highest BCUT2D eigenvalue weighted by Crippen LogP contribution is 2.09. The molecule has 0 bridgehead atoms. The van der Waals surface area contributed by atoms with Crippen LogP contribution in [-0.2, 0) is 17.9 Å². The molecule has 2 N–H and O–H groups in total. The van der Waals surface area contributed by atoms with Gasteiger partial charge in [-0.3, -0.25) is 4.79 Å². The Kier molecular flexibility index (Phi) is 4.69. The first-order valence-electron chi connectivity index (χ1n) is 6.27. The number of rotatable bonds is 6. The van der Waals surface area contributed by atoms with E-state index in [9.17, 15) is 4.79 Å². The molecule has 0 unspecified atom stereocenters. The molecule has 0 aliphatic carbocycles. The van der Waals surface area contributed by atoms with E-state index in [4.69, 9.17) is 0 Å². The van der Waals surface area contributed by atoms with Crippen LogP contribution in [0.1, 0.15) is 12.5 Å². The molecule has 0 aliphatic rings. The number of imidazole rings is 1. The average molecular weight is 258 g/mol. The lowest BCUT2D eigenvalue weighted by Crippen LogP contribution is -2.18. The minimum atomic E-state index is -0.0498. The fourth-order valence-electron chi connectivity index (χ4n) is 1.77. The van der Waals surface area contributed by atoms with Crippen LogP contribution in [0.2, 0.25) is 0 Å². The van der Waals surface area contributed by atoms with Gasteiger partial charge in [-0.1, -0.05) is 12.1 Å². The van der Waals surface area contributed by atoms with E-state index in [-0.39, 0.29) is 5.91 Å². The van der Waals surface area contributed by atoms with Crippen LogP contribution in [-0.4, -0.2) is 22.0 Å². The summed E-state index contributed by atoms with van der Waals surface area (Å²) in [6, 6.07) is 7.84. The Labute approximate surface area is 112 Å². The first-order chi connectivity index (χ1) is 9.24. The van der Waals surface area contributed by atoms with Gasteiger partial charge in [0, 0.05) is 44.6 Å². The van der Waals surface area contributed by atoms with Crippen LogP contribution in [0.15, 0.2) is 43.0 Å². The van der Waals surface area contributed by atoms with Gasteiger partial charge in [0.05, 0.1) is 6.33 Å². The molecule has 0 saturated heterocycles. The second kappa shape index (κ2) is 6.70. The van der Waals surface area contributed by atoms with Crippen LogP contribution in [0.4, 0.5) is 5.69 Å². The van der Waals surface area contributed by atoms with Crippen molar-refractivity contribution in [3.05, 3.63) is 48.5 Å². The highest BCUT2D eigenvalue weighted by atomic mass is 16.1. The monoisotopic (exact) mass is 258 g/mol. The molecule has 1 aromatic heterocycles. The molecule has 2 aromatic rings. The lowest BCUT2D eigenvalue weighted by molar-refractivity contribution is -0.114. The lowest BCUT2D eigenvalue weighted by atomic mass is 10.2. The first-order valence-corrected chi connectivity index (χ1v) is 6.27. The third-order valence-corrected chi connectivity index (χ3v) is 2.71. The Morgan fingerprint density at radius 1 is 1.32 bits per heavy atom. The van der Waals surface area contributed by atoms with Crippen LogP contribution in [0.3, 0.4) is 0 Å². The molecular weight excluding hydrogens is 240 g/mol. The molecule has 0 saturated carbocycles. The zero-order chi connectivity index (χ0) is 13.5. The van der Waals surface area contributed by atoms with E-state index in [0.29, 0.717) is 0 Å². The first kappa shape index (κ1) is 13.3. The number of anilines is 1. The molecular formula is C14H18N4O. The highest BCUT2D eigenvalue weighted by Gasteiger charge is 1.96. The van der Waals surface area contributed by atoms with Crippen LogP contribution in [0.25, 0.3) is 0 Å². The van der Waals surface area contributed by atoms with E-state index >= 15 is 0 Å². The average Bonchev–Trinajstić information content (AvgIpc) is 2.89. The molecule has 5 heteroatoms. The van der Waals surface area contributed by atoms with Crippen molar-refractivity contribution < 1.29 is 4.79 Å². The maximum absolute atomic E-state index is 10.9. The Morgan fingerprint density at radius 3 is 2.74 bits per heavy atom. The minimum Gasteiger partial charge on any atom is -0.336 e. The van der Waals surface area contributed by atoms with Gasteiger partial charge in [-0.05, 0) is 17.7 Å². The van der Waals surface area contributed by atoms with Gasteiger partial charge in [0.2, 0.25) is 5.91 Å². The van der Waals surface area contributed by atoms with Crippen molar-refractivity contribution in [3.63, 3.8) is 0 Å². The zero-order valence-electron chi connectivity index (χ0n) is 11.0. The molecule has 0 aliphatic heterocycles. The second-order valence-corrected chi connectivity index (χ2v) is 4.36. The van der Waals surface area contributed by atoms with Gasteiger partial charge in [0.15, 0.2) is 0 Å². The lowest BCUT2D eigenvalue weighted by Gasteiger charge is -2.07. The molecule has 1 heterocycles. The van der Waals surface area contributed by atoms with Gasteiger partial charge in [-0.25, -0.2) is 4.98 Å². The fourth-order valence-corrected chi connectivity index (χ4v) is 1.77.